The smallest absolute Gasteiger partial charge is 0.119 e. The van der Waals surface area contributed by atoms with Gasteiger partial charge in [0.2, 0.25) is 0 Å². The van der Waals surface area contributed by atoms with Crippen molar-refractivity contribution in [2.45, 2.75) is 11.4 Å². The van der Waals surface area contributed by atoms with Crippen molar-refractivity contribution < 1.29 is 4.74 Å². The van der Waals surface area contributed by atoms with Gasteiger partial charge in [-0.3, -0.25) is 0 Å². The Balaban J connectivity index is 2.91. The van der Waals surface area contributed by atoms with Crippen molar-refractivity contribution in [3.05, 3.63) is 23.8 Å². The van der Waals surface area contributed by atoms with Gasteiger partial charge in [-0.05, 0) is 30.8 Å². The number of benzene rings is 1. The van der Waals surface area contributed by atoms with E-state index in [1.54, 1.807) is 7.11 Å². The molecule has 0 heterocycles. The highest BCUT2D eigenvalue weighted by atomic mass is 32.1. The van der Waals surface area contributed by atoms with E-state index < -0.39 is 0 Å². The predicted octanol–water partition coefficient (Wildman–Crippen LogP) is 1.70. The monoisotopic (exact) mass is 183 g/mol. The van der Waals surface area contributed by atoms with Crippen LogP contribution in [0.2, 0.25) is 0 Å². The molecule has 0 radical (unpaired) electrons. The summed E-state index contributed by atoms with van der Waals surface area (Å²) in [4.78, 5) is 0.991. The van der Waals surface area contributed by atoms with Crippen molar-refractivity contribution in [2.24, 2.45) is 0 Å². The summed E-state index contributed by atoms with van der Waals surface area (Å²) in [7, 11) is 3.57. The number of thiol groups is 1. The Bertz CT molecular complexity index is 263. The summed E-state index contributed by atoms with van der Waals surface area (Å²) in [5.41, 5.74) is 1.15. The fourth-order valence-electron chi connectivity index (χ4n) is 1.02. The van der Waals surface area contributed by atoms with Crippen LogP contribution in [0.4, 0.5) is 0 Å². The Morgan fingerprint density at radius 2 is 2.25 bits per heavy atom. The second kappa shape index (κ2) is 4.38. The molecule has 0 aliphatic carbocycles. The SMILES string of the molecule is CNCc1cc(OC)ccc1S. The molecule has 0 aliphatic heterocycles. The van der Waals surface area contributed by atoms with Crippen molar-refractivity contribution in [2.75, 3.05) is 14.2 Å². The molecule has 12 heavy (non-hydrogen) atoms. The minimum atomic E-state index is 0.816. The van der Waals surface area contributed by atoms with E-state index >= 15 is 0 Å². The molecule has 66 valence electrons. The number of rotatable bonds is 3. The van der Waals surface area contributed by atoms with Crippen LogP contribution in [0.25, 0.3) is 0 Å². The summed E-state index contributed by atoms with van der Waals surface area (Å²) >= 11 is 4.32. The van der Waals surface area contributed by atoms with Gasteiger partial charge in [0, 0.05) is 11.4 Å². The second-order valence-corrected chi connectivity index (χ2v) is 3.01. The summed E-state index contributed by atoms with van der Waals surface area (Å²) in [5, 5.41) is 3.07. The van der Waals surface area contributed by atoms with Crippen LogP contribution in [0.15, 0.2) is 23.1 Å². The number of hydrogen-bond donors (Lipinski definition) is 2. The molecule has 0 fully saturated rings. The molecule has 1 aromatic carbocycles. The Labute approximate surface area is 78.3 Å². The van der Waals surface area contributed by atoms with E-state index in [0.29, 0.717) is 0 Å². The zero-order chi connectivity index (χ0) is 8.97. The number of hydrogen-bond acceptors (Lipinski definition) is 3. The van der Waals surface area contributed by atoms with E-state index in [1.807, 2.05) is 25.2 Å². The maximum absolute atomic E-state index is 5.09. The molecule has 0 amide bonds. The molecule has 0 spiro atoms. The number of nitrogens with one attached hydrogen (secondary N) is 1. The third-order valence-corrected chi connectivity index (χ3v) is 2.09. The highest BCUT2D eigenvalue weighted by molar-refractivity contribution is 7.80. The molecule has 1 N–H and O–H groups in total. The lowest BCUT2D eigenvalue weighted by Crippen LogP contribution is -2.05. The topological polar surface area (TPSA) is 21.3 Å². The Kier molecular flexibility index (Phi) is 3.44. The summed E-state index contributed by atoms with van der Waals surface area (Å²) in [5.74, 6) is 0.873. The highest BCUT2D eigenvalue weighted by Crippen LogP contribution is 2.19. The minimum absolute atomic E-state index is 0.816. The van der Waals surface area contributed by atoms with Gasteiger partial charge in [0.05, 0.1) is 7.11 Å². The van der Waals surface area contributed by atoms with E-state index in [0.717, 1.165) is 22.8 Å². The van der Waals surface area contributed by atoms with Crippen molar-refractivity contribution >= 4 is 12.6 Å². The van der Waals surface area contributed by atoms with E-state index in [2.05, 4.69) is 17.9 Å². The van der Waals surface area contributed by atoms with Crippen molar-refractivity contribution in [3.8, 4) is 5.75 Å². The maximum atomic E-state index is 5.09. The van der Waals surface area contributed by atoms with Crippen LogP contribution in [-0.4, -0.2) is 14.2 Å². The first-order valence-electron chi connectivity index (χ1n) is 3.78. The van der Waals surface area contributed by atoms with Gasteiger partial charge in [-0.25, -0.2) is 0 Å². The summed E-state index contributed by atoms with van der Waals surface area (Å²) in [6.07, 6.45) is 0. The van der Waals surface area contributed by atoms with Crippen LogP contribution in [0.5, 0.6) is 5.75 Å². The van der Waals surface area contributed by atoms with Gasteiger partial charge in [-0.1, -0.05) is 0 Å². The lowest BCUT2D eigenvalue weighted by molar-refractivity contribution is 0.413. The number of methoxy groups -OCH3 is 1. The molecule has 0 unspecified atom stereocenters. The zero-order valence-electron chi connectivity index (χ0n) is 7.29. The fourth-order valence-corrected chi connectivity index (χ4v) is 1.24. The third kappa shape index (κ3) is 2.16. The molecule has 1 rings (SSSR count). The molecular weight excluding hydrogens is 170 g/mol. The average molecular weight is 183 g/mol. The lowest BCUT2D eigenvalue weighted by atomic mass is 10.2. The molecule has 2 nitrogen and oxygen atoms in total. The van der Waals surface area contributed by atoms with Gasteiger partial charge in [0.1, 0.15) is 5.75 Å². The van der Waals surface area contributed by atoms with Crippen LogP contribution in [0.1, 0.15) is 5.56 Å². The Morgan fingerprint density at radius 3 is 2.83 bits per heavy atom. The van der Waals surface area contributed by atoms with E-state index in [9.17, 15) is 0 Å². The molecule has 0 saturated carbocycles. The van der Waals surface area contributed by atoms with Gasteiger partial charge in [-0.2, -0.15) is 0 Å². The van der Waals surface area contributed by atoms with Gasteiger partial charge in [0.25, 0.3) is 0 Å². The van der Waals surface area contributed by atoms with Crippen LogP contribution in [0, 0.1) is 0 Å². The summed E-state index contributed by atoms with van der Waals surface area (Å²) in [6, 6.07) is 5.83. The number of ether oxygens (including phenoxy) is 1. The van der Waals surface area contributed by atoms with Crippen LogP contribution in [-0.2, 0) is 6.54 Å². The standard InChI is InChI=1S/C9H13NOS/c1-10-6-7-5-8(11-2)3-4-9(7)12/h3-5,10,12H,6H2,1-2H3. The predicted molar refractivity (Wildman–Crippen MR) is 53.0 cm³/mol. The molecule has 1 aromatic rings. The van der Waals surface area contributed by atoms with Gasteiger partial charge in [-0.15, -0.1) is 12.6 Å². The van der Waals surface area contributed by atoms with E-state index in [-0.39, 0.29) is 0 Å². The van der Waals surface area contributed by atoms with Crippen molar-refractivity contribution in [3.63, 3.8) is 0 Å². The minimum Gasteiger partial charge on any atom is -0.497 e. The molecule has 0 saturated heterocycles. The molecule has 0 bridgehead atoms. The summed E-state index contributed by atoms with van der Waals surface area (Å²) < 4.78 is 5.09. The quantitative estimate of drug-likeness (QED) is 0.696. The van der Waals surface area contributed by atoms with Gasteiger partial charge in [0.15, 0.2) is 0 Å². The third-order valence-electron chi connectivity index (χ3n) is 1.65. The Hall–Kier alpha value is -0.670. The van der Waals surface area contributed by atoms with Gasteiger partial charge >= 0.3 is 0 Å². The largest absolute Gasteiger partial charge is 0.497 e. The molecule has 0 atom stereocenters. The first-order valence-corrected chi connectivity index (χ1v) is 4.23. The molecule has 0 aromatic heterocycles. The summed E-state index contributed by atoms with van der Waals surface area (Å²) in [6.45, 7) is 0.816. The zero-order valence-corrected chi connectivity index (χ0v) is 8.19. The maximum Gasteiger partial charge on any atom is 0.119 e. The Morgan fingerprint density at radius 1 is 1.50 bits per heavy atom. The van der Waals surface area contributed by atoms with E-state index in [1.165, 1.54) is 0 Å². The lowest BCUT2D eigenvalue weighted by Gasteiger charge is -2.06. The molecule has 0 aliphatic rings. The molecule has 3 heteroatoms. The fraction of sp³-hybridized carbons (Fsp3) is 0.333. The van der Waals surface area contributed by atoms with Gasteiger partial charge < -0.3 is 10.1 Å². The van der Waals surface area contributed by atoms with Crippen LogP contribution in [0.3, 0.4) is 0 Å². The first-order chi connectivity index (χ1) is 5.77. The highest BCUT2D eigenvalue weighted by Gasteiger charge is 1.99. The average Bonchev–Trinajstić information content (AvgIpc) is 2.09. The normalized spacial score (nSPS) is 9.92. The van der Waals surface area contributed by atoms with Crippen molar-refractivity contribution in [1.82, 2.24) is 5.32 Å². The molecular formula is C9H13NOS. The van der Waals surface area contributed by atoms with E-state index in [4.69, 9.17) is 4.74 Å². The van der Waals surface area contributed by atoms with Crippen LogP contribution >= 0.6 is 12.6 Å². The first kappa shape index (κ1) is 9.42. The van der Waals surface area contributed by atoms with Crippen molar-refractivity contribution in [1.29, 1.82) is 0 Å². The van der Waals surface area contributed by atoms with Crippen LogP contribution < -0.4 is 10.1 Å². The second-order valence-electron chi connectivity index (χ2n) is 2.52.